The first kappa shape index (κ1) is 44.4. The van der Waals surface area contributed by atoms with E-state index in [4.69, 9.17) is 15.2 Å². The molecule has 0 aliphatic carbocycles. The Morgan fingerprint density at radius 2 is 1.68 bits per heavy atom. The topological polar surface area (TPSA) is 155 Å². The average molecular weight is 853 g/mol. The van der Waals surface area contributed by atoms with E-state index < -0.39 is 23.7 Å². The second kappa shape index (κ2) is 19.6. The van der Waals surface area contributed by atoms with Gasteiger partial charge in [0, 0.05) is 61.1 Å². The highest BCUT2D eigenvalue weighted by molar-refractivity contribution is 6.07. The lowest BCUT2D eigenvalue weighted by molar-refractivity contribution is -0.120. The van der Waals surface area contributed by atoms with E-state index in [0.717, 1.165) is 51.0 Å². The van der Waals surface area contributed by atoms with E-state index in [1.807, 2.05) is 24.0 Å². The highest BCUT2D eigenvalue weighted by Crippen LogP contribution is 2.35. The minimum atomic E-state index is -2.82. The molecule has 4 amide bonds. The number of pyridine rings is 2. The summed E-state index contributed by atoms with van der Waals surface area (Å²) in [5.74, 6) is 1.99. The molecular weight excluding hydrogens is 795 g/mol. The number of rotatable bonds is 15. The van der Waals surface area contributed by atoms with Gasteiger partial charge in [0.05, 0.1) is 18.5 Å². The molecule has 3 saturated heterocycles. The van der Waals surface area contributed by atoms with Crippen LogP contribution in [0.15, 0.2) is 72.9 Å². The number of nitrogens with zero attached hydrogens (tertiary/aromatic N) is 5. The number of imide groups is 1. The molecule has 2 aromatic heterocycles. The molecule has 0 unspecified atom stereocenters. The smallest absolute Gasteiger partial charge is 0.328 e. The number of amides is 4. The number of nitrogens with one attached hydrogen (secondary N) is 2. The van der Waals surface area contributed by atoms with Crippen molar-refractivity contribution in [2.75, 3.05) is 63.2 Å². The van der Waals surface area contributed by atoms with Crippen LogP contribution in [0.2, 0.25) is 0 Å². The number of anilines is 3. The molecule has 3 aliphatic rings. The van der Waals surface area contributed by atoms with Crippen molar-refractivity contribution in [2.45, 2.75) is 77.2 Å². The van der Waals surface area contributed by atoms with Crippen molar-refractivity contribution in [1.29, 1.82) is 0 Å². The first-order chi connectivity index (χ1) is 29.7. The highest BCUT2D eigenvalue weighted by atomic mass is 19.3. The van der Waals surface area contributed by atoms with Gasteiger partial charge in [0.1, 0.15) is 29.6 Å². The minimum absolute atomic E-state index is 0.0320. The molecule has 0 saturated carbocycles. The Morgan fingerprint density at radius 1 is 0.952 bits per heavy atom. The van der Waals surface area contributed by atoms with E-state index in [2.05, 4.69) is 51.5 Å². The Morgan fingerprint density at radius 3 is 2.35 bits per heavy atom. The van der Waals surface area contributed by atoms with E-state index in [1.54, 1.807) is 42.6 Å². The van der Waals surface area contributed by atoms with E-state index in [9.17, 15) is 23.2 Å². The number of nitrogens with two attached hydrogens (primary N) is 1. The third-order valence-corrected chi connectivity index (χ3v) is 12.0. The van der Waals surface area contributed by atoms with Crippen LogP contribution in [0.25, 0.3) is 11.3 Å². The number of methoxy groups -OCH3 is 1. The number of piperidine rings is 2. The first-order valence-electron chi connectivity index (χ1n) is 21.6. The number of alkyl halides is 2. The summed E-state index contributed by atoms with van der Waals surface area (Å²) in [7, 11) is 1.51. The zero-order valence-corrected chi connectivity index (χ0v) is 36.0. The second-order valence-electron chi connectivity index (χ2n) is 17.6. The molecule has 13 nitrogen and oxygen atoms in total. The average Bonchev–Trinajstić information content (AvgIpc) is 3.26. The molecule has 3 aliphatic heterocycles. The lowest BCUT2D eigenvalue weighted by atomic mass is 9.88. The van der Waals surface area contributed by atoms with Gasteiger partial charge >= 0.3 is 6.03 Å². The Kier molecular flexibility index (Phi) is 14.0. The number of carbonyl (C=O) groups is 3. The zero-order valence-electron chi connectivity index (χ0n) is 36.0. The maximum atomic E-state index is 14.1. The summed E-state index contributed by atoms with van der Waals surface area (Å²) in [6.07, 6.45) is 3.68. The van der Waals surface area contributed by atoms with Crippen LogP contribution in [0.5, 0.6) is 11.5 Å². The lowest BCUT2D eigenvalue weighted by Gasteiger charge is -2.38. The minimum Gasteiger partial charge on any atom is -0.495 e. The molecule has 15 heteroatoms. The van der Waals surface area contributed by atoms with Gasteiger partial charge in [0.15, 0.2) is 0 Å². The summed E-state index contributed by atoms with van der Waals surface area (Å²) in [6, 6.07) is 19.8. The summed E-state index contributed by atoms with van der Waals surface area (Å²) in [6.45, 7) is 10.7. The standard InChI is InChI=1S/C47H58F2N8O5/c1-30(2)27-47(3,50)29-62-40-12-10-37(53-43(40)44(48)49)34-13-19-51-41(26-34)52-36-8-5-32(6-9-36)33-16-20-55(21-17-33)28-31-14-22-56(23-15-31)45(59)35-7-11-39(61-4)38(25-35)57-24-18-42(58)54-46(57)60/h5-13,19,25-26,30-31,33,44H,14-18,20-24,27-29,50H2,1-4H3,(H,51,52)(H,54,58,60)/t47-/m0/s1. The van der Waals surface area contributed by atoms with Crippen LogP contribution in [-0.2, 0) is 4.79 Å². The molecule has 1 atom stereocenters. The van der Waals surface area contributed by atoms with Crippen LogP contribution < -0.4 is 30.7 Å². The predicted octanol–water partition coefficient (Wildman–Crippen LogP) is 8.15. The van der Waals surface area contributed by atoms with Crippen LogP contribution >= 0.6 is 0 Å². The predicted molar refractivity (Wildman–Crippen MR) is 235 cm³/mol. The maximum absolute atomic E-state index is 14.1. The van der Waals surface area contributed by atoms with Gasteiger partial charge in [-0.15, -0.1) is 0 Å². The van der Waals surface area contributed by atoms with Gasteiger partial charge in [0.25, 0.3) is 12.3 Å². The Labute approximate surface area is 362 Å². The van der Waals surface area contributed by atoms with Crippen molar-refractivity contribution in [3.05, 3.63) is 89.7 Å². The van der Waals surface area contributed by atoms with Gasteiger partial charge in [-0.1, -0.05) is 26.0 Å². The molecule has 4 N–H and O–H groups in total. The SMILES string of the molecule is COc1ccc(C(=O)N2CCC(CN3CCC(c4ccc(Nc5cc(-c6ccc(OC[C@@](C)(N)CC(C)C)c(C(F)F)n6)ccn5)cc4)CC3)CC2)cc1N1CCC(=O)NC1=O. The van der Waals surface area contributed by atoms with Crippen LogP contribution in [0.1, 0.15) is 93.3 Å². The van der Waals surface area contributed by atoms with Crippen molar-refractivity contribution in [3.8, 4) is 22.8 Å². The zero-order chi connectivity index (χ0) is 44.0. The van der Waals surface area contributed by atoms with Gasteiger partial charge in [-0.05, 0) is 130 Å². The molecule has 3 fully saturated rings. The number of hydrogen-bond acceptors (Lipinski definition) is 10. The molecule has 4 aromatic rings. The summed E-state index contributed by atoms with van der Waals surface area (Å²) in [4.78, 5) is 52.5. The first-order valence-corrected chi connectivity index (χ1v) is 21.6. The summed E-state index contributed by atoms with van der Waals surface area (Å²) >= 11 is 0. The molecular formula is C47H58F2N8O5. The fourth-order valence-electron chi connectivity index (χ4n) is 8.92. The monoisotopic (exact) mass is 852 g/mol. The fourth-order valence-corrected chi connectivity index (χ4v) is 8.92. The molecule has 0 spiro atoms. The van der Waals surface area contributed by atoms with Crippen LogP contribution in [0, 0.1) is 11.8 Å². The molecule has 330 valence electrons. The number of benzene rings is 2. The Bertz CT molecular complexity index is 2200. The van der Waals surface area contributed by atoms with E-state index >= 15 is 0 Å². The Balaban J connectivity index is 0.874. The third-order valence-electron chi connectivity index (χ3n) is 12.0. The van der Waals surface area contributed by atoms with Gasteiger partial charge < -0.3 is 30.3 Å². The number of ether oxygens (including phenoxy) is 2. The number of hydrogen-bond donors (Lipinski definition) is 3. The van der Waals surface area contributed by atoms with Gasteiger partial charge in [-0.3, -0.25) is 19.8 Å². The van der Waals surface area contributed by atoms with Crippen molar-refractivity contribution in [2.24, 2.45) is 17.6 Å². The summed E-state index contributed by atoms with van der Waals surface area (Å²) < 4.78 is 39.5. The van der Waals surface area contributed by atoms with E-state index in [-0.39, 0.29) is 37.1 Å². The third kappa shape index (κ3) is 11.0. The molecule has 5 heterocycles. The number of carbonyl (C=O) groups excluding carboxylic acids is 3. The largest absolute Gasteiger partial charge is 0.495 e. The fraction of sp³-hybridized carbons (Fsp3) is 0.468. The second-order valence-corrected chi connectivity index (χ2v) is 17.6. The lowest BCUT2D eigenvalue weighted by Crippen LogP contribution is -2.49. The van der Waals surface area contributed by atoms with Gasteiger partial charge in [-0.25, -0.2) is 23.5 Å². The van der Waals surface area contributed by atoms with Crippen molar-refractivity contribution in [1.82, 2.24) is 25.1 Å². The normalized spacial score (nSPS) is 17.9. The van der Waals surface area contributed by atoms with E-state index in [0.29, 0.717) is 71.3 Å². The molecule has 0 bridgehead atoms. The quantitative estimate of drug-likeness (QED) is 0.107. The molecule has 2 aromatic carbocycles. The summed E-state index contributed by atoms with van der Waals surface area (Å²) in [5, 5.41) is 5.69. The molecule has 7 rings (SSSR count). The Hall–Kier alpha value is -5.67. The van der Waals surface area contributed by atoms with Gasteiger partial charge in [-0.2, -0.15) is 0 Å². The van der Waals surface area contributed by atoms with Crippen LogP contribution in [0.3, 0.4) is 0 Å². The number of urea groups is 1. The van der Waals surface area contributed by atoms with Crippen LogP contribution in [0.4, 0.5) is 30.8 Å². The summed E-state index contributed by atoms with van der Waals surface area (Å²) in [5.41, 5.74) is 9.45. The van der Waals surface area contributed by atoms with E-state index in [1.165, 1.54) is 23.6 Å². The number of likely N-dealkylation sites (tertiary alicyclic amines) is 2. The van der Waals surface area contributed by atoms with Crippen molar-refractivity contribution < 1.29 is 32.6 Å². The number of halogens is 2. The van der Waals surface area contributed by atoms with Crippen LogP contribution in [-0.4, -0.2) is 96.1 Å². The highest BCUT2D eigenvalue weighted by Gasteiger charge is 2.31. The van der Waals surface area contributed by atoms with Gasteiger partial charge in [0.2, 0.25) is 5.91 Å². The molecule has 0 radical (unpaired) electrons. The number of aromatic nitrogens is 2. The van der Waals surface area contributed by atoms with Crippen molar-refractivity contribution in [3.63, 3.8) is 0 Å². The maximum Gasteiger partial charge on any atom is 0.328 e. The molecule has 62 heavy (non-hydrogen) atoms. The van der Waals surface area contributed by atoms with Crippen molar-refractivity contribution >= 4 is 35.0 Å².